The minimum Gasteiger partial charge on any atom is -0.376 e. The molecule has 12 amide bonds. The van der Waals surface area contributed by atoms with Gasteiger partial charge in [0.15, 0.2) is 0 Å². The van der Waals surface area contributed by atoms with Gasteiger partial charge in [-0.2, -0.15) is 13.2 Å². The third-order valence-electron chi connectivity index (χ3n) is 22.0. The molecule has 25 nitrogen and oxygen atoms in total. The van der Waals surface area contributed by atoms with Gasteiger partial charge >= 0.3 is 6.18 Å². The Labute approximate surface area is 581 Å². The molecule has 7 fully saturated rings. The Bertz CT molecular complexity index is 2910. The van der Waals surface area contributed by atoms with Crippen LogP contribution in [0.25, 0.3) is 0 Å². The molecule has 13 atom stereocenters. The van der Waals surface area contributed by atoms with Crippen LogP contribution in [0.5, 0.6) is 0 Å². The molecule has 0 aromatic rings. The number of amides is 12. The third-order valence-corrected chi connectivity index (χ3v) is 22.5. The summed E-state index contributed by atoms with van der Waals surface area (Å²) < 4.78 is 47.9. The number of nitrogens with one attached hydrogen (secondary N) is 3. The quantitative estimate of drug-likeness (QED) is 0.230. The topological polar surface area (TPSA) is 279 Å². The number of piperidine rings is 1. The molecule has 0 aromatic carbocycles. The monoisotopic (exact) mass is 1410 g/mol. The number of carbonyl (C=O) groups is 12. The molecular weight excluding hydrogens is 1300 g/mol. The number of nitrogens with zero attached hydrogens (tertiary/aromatic N) is 9. The lowest BCUT2D eigenvalue weighted by Crippen LogP contribution is -2.65. The lowest BCUT2D eigenvalue weighted by Gasteiger charge is -2.45. The fourth-order valence-electron chi connectivity index (χ4n) is 15.1. The van der Waals surface area contributed by atoms with Gasteiger partial charge in [0.05, 0.1) is 31.6 Å². The number of rotatable bonds is 12. The fourth-order valence-corrected chi connectivity index (χ4v) is 15.7. The number of fused-ring (bicyclic) bond motifs is 2. The molecule has 7 aliphatic rings. The minimum atomic E-state index is -4.51. The lowest BCUT2D eigenvalue weighted by atomic mass is 9.78. The van der Waals surface area contributed by atoms with Crippen molar-refractivity contribution in [2.75, 3.05) is 81.6 Å². The van der Waals surface area contributed by atoms with Crippen LogP contribution in [0.4, 0.5) is 13.2 Å². The van der Waals surface area contributed by atoms with E-state index in [1.807, 2.05) is 20.8 Å². The Morgan fingerprint density at radius 2 is 1.29 bits per heavy atom. The normalized spacial score (nSPS) is 31.0. The average molecular weight is 1410 g/mol. The van der Waals surface area contributed by atoms with E-state index < -0.39 is 173 Å². The van der Waals surface area contributed by atoms with Crippen molar-refractivity contribution < 1.29 is 75.4 Å². The van der Waals surface area contributed by atoms with Gasteiger partial charge < -0.3 is 64.8 Å². The second kappa shape index (κ2) is 33.9. The molecule has 4 aliphatic heterocycles. The van der Waals surface area contributed by atoms with Crippen molar-refractivity contribution in [2.24, 2.45) is 29.6 Å². The van der Waals surface area contributed by atoms with Crippen molar-refractivity contribution in [3.63, 3.8) is 0 Å². The zero-order chi connectivity index (χ0) is 72.6. The van der Waals surface area contributed by atoms with Crippen molar-refractivity contribution in [3.8, 4) is 0 Å². The van der Waals surface area contributed by atoms with Crippen LogP contribution in [0.15, 0.2) is 0 Å². The van der Waals surface area contributed by atoms with Gasteiger partial charge in [0.1, 0.15) is 59.9 Å². The minimum absolute atomic E-state index is 0.0109. The Morgan fingerprint density at radius 3 is 1.86 bits per heavy atom. The average Bonchev–Trinajstić information content (AvgIpc) is 1.12. The Balaban J connectivity index is 1.26. The molecule has 3 N–H and O–H groups in total. The Kier molecular flexibility index (Phi) is 27.3. The predicted octanol–water partition coefficient (Wildman–Crippen LogP) is 4.30. The van der Waals surface area contributed by atoms with E-state index in [1.54, 1.807) is 25.7 Å². The van der Waals surface area contributed by atoms with Crippen molar-refractivity contribution in [1.82, 2.24) is 60.0 Å². The standard InChI is InChI=1S/C69H110ClF3N12O13/c1-14-42(6)56-65(95)78(9)43(7)60(90)85-34-28-50(85)63(93)81(12)53(39-98-45-24-25-45)62(92)77(8)38-54(86)74-48(27-23-44-22-26-46(47(70)36-44)69(71,72)73)61(91)84-33-20-21-49(84)59(89)76-68(29-16-17-30-68)67(97)82(13)57(41(4)5)66(96)80(11)52(64(94)83-31-18-15-19-32-83)37-55(87)79(10)51(35-40(2)3)58(88)75-56/h40-53,56-57H,14-39H2,1-13H3,(H,74,86)(H,75,88)(H,76,89)/t42-,43-,44?,46?,47?,48-,49-,50-,51-,52-,53-,56-,57-/m0/s1. The number of likely N-dealkylation sites (N-methyl/N-ethyl adjacent to an activating group) is 6. The van der Waals surface area contributed by atoms with Gasteiger partial charge in [-0.1, -0.05) is 60.8 Å². The maximum absolute atomic E-state index is 15.4. The van der Waals surface area contributed by atoms with Crippen molar-refractivity contribution in [1.29, 1.82) is 0 Å². The van der Waals surface area contributed by atoms with E-state index in [0.29, 0.717) is 64.5 Å². The summed E-state index contributed by atoms with van der Waals surface area (Å²) in [6, 6.07) is -11.2. The second-order valence-corrected chi connectivity index (χ2v) is 30.4. The van der Waals surface area contributed by atoms with E-state index in [-0.39, 0.29) is 102 Å². The summed E-state index contributed by atoms with van der Waals surface area (Å²) in [7, 11) is 8.45. The molecule has 4 saturated heterocycles. The molecule has 7 rings (SSSR count). The van der Waals surface area contributed by atoms with Gasteiger partial charge in [0, 0.05) is 73.8 Å². The molecule has 0 bridgehead atoms. The highest BCUT2D eigenvalue weighted by molar-refractivity contribution is 6.21. The second-order valence-electron chi connectivity index (χ2n) is 29.8. The molecular formula is C69H110ClF3N12O13. The van der Waals surface area contributed by atoms with Crippen LogP contribution in [-0.2, 0) is 62.3 Å². The van der Waals surface area contributed by atoms with Crippen molar-refractivity contribution in [3.05, 3.63) is 0 Å². The van der Waals surface area contributed by atoms with Crippen LogP contribution < -0.4 is 16.0 Å². The van der Waals surface area contributed by atoms with Crippen molar-refractivity contribution in [2.45, 2.75) is 254 Å². The highest BCUT2D eigenvalue weighted by Crippen LogP contribution is 2.44. The number of ether oxygens (including phenoxy) is 1. The van der Waals surface area contributed by atoms with E-state index in [4.69, 9.17) is 16.3 Å². The zero-order valence-corrected chi connectivity index (χ0v) is 60.7. The molecule has 4 heterocycles. The van der Waals surface area contributed by atoms with Gasteiger partial charge in [0.25, 0.3) is 0 Å². The van der Waals surface area contributed by atoms with Gasteiger partial charge in [-0.25, -0.2) is 0 Å². The number of halogens is 4. The van der Waals surface area contributed by atoms with Crippen LogP contribution in [0.1, 0.15) is 177 Å². The van der Waals surface area contributed by atoms with Crippen LogP contribution in [0.3, 0.4) is 0 Å². The van der Waals surface area contributed by atoms with Crippen LogP contribution in [-0.4, -0.2) is 274 Å². The molecule has 29 heteroatoms. The maximum Gasteiger partial charge on any atom is 0.393 e. The first kappa shape index (κ1) is 79.0. The number of hydrogen-bond donors (Lipinski definition) is 3. The highest BCUT2D eigenvalue weighted by Gasteiger charge is 2.52. The molecule has 552 valence electrons. The summed E-state index contributed by atoms with van der Waals surface area (Å²) in [4.78, 5) is 190. The first-order valence-electron chi connectivity index (χ1n) is 35.8. The maximum atomic E-state index is 15.4. The summed E-state index contributed by atoms with van der Waals surface area (Å²) in [5, 5.41) is 7.51. The first-order valence-corrected chi connectivity index (χ1v) is 36.2. The third kappa shape index (κ3) is 18.6. The van der Waals surface area contributed by atoms with E-state index in [2.05, 4.69) is 16.0 Å². The molecule has 98 heavy (non-hydrogen) atoms. The fraction of sp³-hybridized carbons (Fsp3) is 0.826. The Hall–Kier alpha value is -6.32. The Morgan fingerprint density at radius 1 is 0.643 bits per heavy atom. The summed E-state index contributed by atoms with van der Waals surface area (Å²) in [6.45, 7) is 12.3. The summed E-state index contributed by atoms with van der Waals surface area (Å²) >= 11 is 6.38. The first-order chi connectivity index (χ1) is 46.0. The molecule has 3 unspecified atom stereocenters. The lowest BCUT2D eigenvalue weighted by molar-refractivity contribution is -0.182. The van der Waals surface area contributed by atoms with Crippen LogP contribution in [0, 0.1) is 29.6 Å². The van der Waals surface area contributed by atoms with E-state index >= 15 is 19.2 Å². The molecule has 1 spiro atoms. The number of alkyl halides is 4. The number of carbonyl (C=O) groups excluding carboxylic acids is 12. The van der Waals surface area contributed by atoms with Crippen LogP contribution >= 0.6 is 11.6 Å². The van der Waals surface area contributed by atoms with E-state index in [9.17, 15) is 51.5 Å². The van der Waals surface area contributed by atoms with Gasteiger partial charge in [-0.15, -0.1) is 11.6 Å². The van der Waals surface area contributed by atoms with Gasteiger partial charge in [-0.3, -0.25) is 57.5 Å². The predicted molar refractivity (Wildman–Crippen MR) is 358 cm³/mol. The summed E-state index contributed by atoms with van der Waals surface area (Å²) in [5.74, 6) is -11.2. The number of hydrogen-bond acceptors (Lipinski definition) is 13. The zero-order valence-electron chi connectivity index (χ0n) is 60.0. The summed E-state index contributed by atoms with van der Waals surface area (Å²) in [6.07, 6.45) is 0.951. The van der Waals surface area contributed by atoms with Crippen LogP contribution in [0.2, 0.25) is 0 Å². The summed E-state index contributed by atoms with van der Waals surface area (Å²) in [5.41, 5.74) is -1.57. The molecule has 0 aromatic heterocycles. The smallest absolute Gasteiger partial charge is 0.376 e. The van der Waals surface area contributed by atoms with E-state index in [0.717, 1.165) is 11.3 Å². The SMILES string of the molecule is CC[C@H](C)[C@@H]1NC(=O)[C@H](CC(C)C)N(C)C(=O)C[C@@H](C(=O)N2CCCCC2)N(C)C(=O)[C@H](C(C)C)N(C)C(=O)C2(CCCC2)NC(=O)[C@@H]2CCCN2C(=O)[C@H](CCC2CCC(C(F)(F)F)C(Cl)C2)NC(=O)CN(C)C(=O)[C@H](COC2CC2)N(C)C(=O)[C@@H]2CCN2C(=O)[C@H](C)N(C)C1=O. The largest absolute Gasteiger partial charge is 0.393 e. The van der Waals surface area contributed by atoms with Gasteiger partial charge in [0.2, 0.25) is 70.9 Å². The van der Waals surface area contributed by atoms with Gasteiger partial charge in [-0.05, 0) is 133 Å². The van der Waals surface area contributed by atoms with E-state index in [1.165, 1.54) is 83.5 Å². The molecule has 3 saturated carbocycles. The highest BCUT2D eigenvalue weighted by atomic mass is 35.5. The molecule has 3 aliphatic carbocycles. The number of likely N-dealkylation sites (tertiary alicyclic amines) is 1. The molecule has 0 radical (unpaired) electrons. The van der Waals surface area contributed by atoms with Crippen molar-refractivity contribution >= 4 is 82.5 Å².